The van der Waals surface area contributed by atoms with Gasteiger partial charge in [-0.1, -0.05) is 30.3 Å². The zero-order valence-electron chi connectivity index (χ0n) is 14.3. The molecule has 0 unspecified atom stereocenters. The Morgan fingerprint density at radius 3 is 2.68 bits per heavy atom. The Kier molecular flexibility index (Phi) is 3.83. The first-order valence-corrected chi connectivity index (χ1v) is 8.80. The van der Waals surface area contributed by atoms with Crippen LogP contribution in [0.1, 0.15) is 46.8 Å². The number of hydrogen-bond acceptors (Lipinski definition) is 3. The van der Waals surface area contributed by atoms with E-state index in [1.54, 1.807) is 19.1 Å². The van der Waals surface area contributed by atoms with Crippen LogP contribution < -0.4 is 5.32 Å². The fraction of sp³-hybridized carbons (Fsp3) is 0.333. The summed E-state index contributed by atoms with van der Waals surface area (Å²) < 4.78 is 5.53. The maximum Gasteiger partial charge on any atom is 0.339 e. The fourth-order valence-corrected chi connectivity index (χ4v) is 3.81. The van der Waals surface area contributed by atoms with E-state index in [-0.39, 0.29) is 5.91 Å². The second-order valence-corrected chi connectivity index (χ2v) is 7.06. The summed E-state index contributed by atoms with van der Waals surface area (Å²) in [4.78, 5) is 25.2. The van der Waals surface area contributed by atoms with E-state index < -0.39 is 11.6 Å². The third-order valence-corrected chi connectivity index (χ3v) is 5.21. The number of aryl methyl sites for hydroxylation is 1. The first kappa shape index (κ1) is 15.9. The van der Waals surface area contributed by atoms with E-state index in [4.69, 9.17) is 4.74 Å². The molecule has 0 fully saturated rings. The highest BCUT2D eigenvalue weighted by Crippen LogP contribution is 2.32. The molecule has 0 saturated carbocycles. The van der Waals surface area contributed by atoms with Crippen LogP contribution in [0.25, 0.3) is 0 Å². The van der Waals surface area contributed by atoms with Crippen molar-refractivity contribution in [1.29, 1.82) is 0 Å². The number of amides is 1. The molecule has 1 atom stereocenters. The van der Waals surface area contributed by atoms with Crippen LogP contribution in [-0.4, -0.2) is 17.5 Å². The van der Waals surface area contributed by atoms with Gasteiger partial charge in [-0.2, -0.15) is 0 Å². The number of benzene rings is 2. The molecule has 2 aliphatic rings. The maximum absolute atomic E-state index is 12.9. The minimum Gasteiger partial charge on any atom is -0.445 e. The van der Waals surface area contributed by atoms with E-state index in [1.807, 2.05) is 24.3 Å². The summed E-state index contributed by atoms with van der Waals surface area (Å²) >= 11 is 0. The predicted octanol–water partition coefficient (Wildman–Crippen LogP) is 3.68. The molecule has 1 heterocycles. The second-order valence-electron chi connectivity index (χ2n) is 7.06. The van der Waals surface area contributed by atoms with Gasteiger partial charge in [-0.25, -0.2) is 4.79 Å². The van der Waals surface area contributed by atoms with Crippen molar-refractivity contribution in [3.63, 3.8) is 0 Å². The minimum absolute atomic E-state index is 0.269. The van der Waals surface area contributed by atoms with Gasteiger partial charge in [0.2, 0.25) is 0 Å². The molecule has 0 bridgehead atoms. The van der Waals surface area contributed by atoms with Crippen LogP contribution in [-0.2, 0) is 28.8 Å². The molecular weight excluding hydrogens is 314 g/mol. The van der Waals surface area contributed by atoms with Crippen LogP contribution in [0.3, 0.4) is 0 Å². The number of cyclic esters (lactones) is 1. The van der Waals surface area contributed by atoms with Gasteiger partial charge in [-0.05, 0) is 61.4 Å². The smallest absolute Gasteiger partial charge is 0.339 e. The lowest BCUT2D eigenvalue weighted by molar-refractivity contribution is -0.134. The van der Waals surface area contributed by atoms with Crippen molar-refractivity contribution in [2.75, 3.05) is 5.32 Å². The van der Waals surface area contributed by atoms with Crippen LogP contribution >= 0.6 is 0 Å². The van der Waals surface area contributed by atoms with Crippen molar-refractivity contribution in [1.82, 2.24) is 0 Å². The highest BCUT2D eigenvalue weighted by atomic mass is 16.6. The van der Waals surface area contributed by atoms with E-state index in [1.165, 1.54) is 17.5 Å². The quantitative estimate of drug-likeness (QED) is 0.852. The molecule has 0 radical (unpaired) electrons. The minimum atomic E-state index is -1.19. The molecule has 4 nitrogen and oxygen atoms in total. The fourth-order valence-electron chi connectivity index (χ4n) is 3.81. The van der Waals surface area contributed by atoms with Gasteiger partial charge in [0, 0.05) is 12.1 Å². The Balaban J connectivity index is 1.61. The van der Waals surface area contributed by atoms with E-state index in [0.29, 0.717) is 12.0 Å². The number of anilines is 1. The summed E-state index contributed by atoms with van der Waals surface area (Å²) in [5.41, 5.74) is 3.58. The lowest BCUT2D eigenvalue weighted by atomic mass is 9.88. The Morgan fingerprint density at radius 1 is 1.04 bits per heavy atom. The molecule has 25 heavy (non-hydrogen) atoms. The van der Waals surface area contributed by atoms with Crippen LogP contribution in [0.2, 0.25) is 0 Å². The van der Waals surface area contributed by atoms with E-state index >= 15 is 0 Å². The summed E-state index contributed by atoms with van der Waals surface area (Å²) in [5, 5.41) is 3.02. The average molecular weight is 335 g/mol. The highest BCUT2D eigenvalue weighted by Gasteiger charge is 2.42. The summed E-state index contributed by atoms with van der Waals surface area (Å²) in [7, 11) is 0. The van der Waals surface area contributed by atoms with Gasteiger partial charge in [-0.15, -0.1) is 0 Å². The molecule has 0 saturated heterocycles. The highest BCUT2D eigenvalue weighted by molar-refractivity contribution is 6.02. The van der Waals surface area contributed by atoms with Crippen LogP contribution in [0, 0.1) is 0 Å². The number of esters is 1. The SMILES string of the molecule is C[C@@]1(C(=O)Nc2cccc3c2CCCC3)Cc2ccccc2C(=O)O1. The molecule has 4 heteroatoms. The summed E-state index contributed by atoms with van der Waals surface area (Å²) in [6, 6.07) is 13.3. The Bertz CT molecular complexity index is 858. The largest absolute Gasteiger partial charge is 0.445 e. The molecule has 1 amide bonds. The second kappa shape index (κ2) is 6.03. The summed E-state index contributed by atoms with van der Waals surface area (Å²) in [6.07, 6.45) is 4.75. The van der Waals surface area contributed by atoms with Crippen LogP contribution in [0.5, 0.6) is 0 Å². The molecule has 2 aromatic rings. The third-order valence-electron chi connectivity index (χ3n) is 5.21. The first-order chi connectivity index (χ1) is 12.1. The molecule has 2 aromatic carbocycles. The predicted molar refractivity (Wildman–Crippen MR) is 95.7 cm³/mol. The van der Waals surface area contributed by atoms with E-state index in [9.17, 15) is 9.59 Å². The monoisotopic (exact) mass is 335 g/mol. The van der Waals surface area contributed by atoms with Gasteiger partial charge >= 0.3 is 5.97 Å². The standard InChI is InChI=1S/C21H21NO3/c1-21(13-15-8-3-5-11-17(15)19(23)25-21)20(24)22-18-12-6-9-14-7-2-4-10-16(14)18/h3,5-6,8-9,11-12H,2,4,7,10,13H2,1H3,(H,22,24)/t21-/m0/s1. The molecular formula is C21H21NO3. The normalized spacial score (nSPS) is 21.7. The zero-order valence-corrected chi connectivity index (χ0v) is 14.3. The summed E-state index contributed by atoms with van der Waals surface area (Å²) in [6.45, 7) is 1.69. The first-order valence-electron chi connectivity index (χ1n) is 8.80. The third kappa shape index (κ3) is 2.82. The Hall–Kier alpha value is -2.62. The molecule has 1 N–H and O–H groups in total. The number of carbonyl (C=O) groups is 2. The zero-order chi connectivity index (χ0) is 17.4. The van der Waals surface area contributed by atoms with Gasteiger partial charge in [0.1, 0.15) is 0 Å². The Morgan fingerprint density at radius 2 is 1.80 bits per heavy atom. The maximum atomic E-state index is 12.9. The molecule has 128 valence electrons. The van der Waals surface area contributed by atoms with E-state index in [0.717, 1.165) is 30.5 Å². The van der Waals surface area contributed by atoms with Gasteiger partial charge in [-0.3, -0.25) is 4.79 Å². The number of fused-ring (bicyclic) bond motifs is 2. The van der Waals surface area contributed by atoms with Crippen molar-refractivity contribution in [2.24, 2.45) is 0 Å². The van der Waals surface area contributed by atoms with Gasteiger partial charge < -0.3 is 10.1 Å². The molecule has 1 aliphatic heterocycles. The summed E-state index contributed by atoms with van der Waals surface area (Å²) in [5.74, 6) is -0.705. The van der Waals surface area contributed by atoms with Crippen molar-refractivity contribution in [2.45, 2.75) is 44.6 Å². The molecule has 1 aliphatic carbocycles. The van der Waals surface area contributed by atoms with Crippen LogP contribution in [0.4, 0.5) is 5.69 Å². The lowest BCUT2D eigenvalue weighted by Crippen LogP contribution is -2.49. The van der Waals surface area contributed by atoms with Gasteiger partial charge in [0.15, 0.2) is 5.60 Å². The van der Waals surface area contributed by atoms with Gasteiger partial charge in [0.25, 0.3) is 5.91 Å². The molecule has 0 aromatic heterocycles. The lowest BCUT2D eigenvalue weighted by Gasteiger charge is -2.33. The number of carbonyl (C=O) groups excluding carboxylic acids is 2. The Labute approximate surface area is 147 Å². The number of ether oxygens (including phenoxy) is 1. The van der Waals surface area contributed by atoms with Crippen LogP contribution in [0.15, 0.2) is 42.5 Å². The van der Waals surface area contributed by atoms with E-state index in [2.05, 4.69) is 11.4 Å². The van der Waals surface area contributed by atoms with Gasteiger partial charge in [0.05, 0.1) is 5.56 Å². The average Bonchev–Trinajstić information content (AvgIpc) is 2.62. The number of rotatable bonds is 2. The number of hydrogen-bond donors (Lipinski definition) is 1. The van der Waals surface area contributed by atoms with Crippen molar-refractivity contribution in [3.8, 4) is 0 Å². The molecule has 4 rings (SSSR count). The molecule has 0 spiro atoms. The topological polar surface area (TPSA) is 55.4 Å². The van der Waals surface area contributed by atoms with Crippen molar-refractivity contribution in [3.05, 3.63) is 64.7 Å². The van der Waals surface area contributed by atoms with Crippen molar-refractivity contribution >= 4 is 17.6 Å². The van der Waals surface area contributed by atoms with Crippen molar-refractivity contribution < 1.29 is 14.3 Å². The number of nitrogens with one attached hydrogen (secondary N) is 1.